The van der Waals surface area contributed by atoms with Crippen molar-refractivity contribution in [2.24, 2.45) is 11.7 Å². The lowest BCUT2D eigenvalue weighted by Crippen LogP contribution is -2.51. The van der Waals surface area contributed by atoms with E-state index in [0.717, 1.165) is 11.3 Å². The first-order chi connectivity index (χ1) is 17.5. The molecule has 0 aliphatic carbocycles. The zero-order valence-electron chi connectivity index (χ0n) is 20.0. The van der Waals surface area contributed by atoms with Crippen molar-refractivity contribution in [3.8, 4) is 5.69 Å². The summed E-state index contributed by atoms with van der Waals surface area (Å²) in [5, 5.41) is 16.0. The fourth-order valence-corrected chi connectivity index (χ4v) is 4.87. The Balaban J connectivity index is 1.26. The van der Waals surface area contributed by atoms with Crippen molar-refractivity contribution in [2.75, 3.05) is 19.6 Å². The second kappa shape index (κ2) is 10.0. The molecule has 3 N–H and O–H groups in total. The number of benzene rings is 2. The lowest BCUT2D eigenvalue weighted by molar-refractivity contribution is -0.139. The van der Waals surface area contributed by atoms with Gasteiger partial charge in [-0.05, 0) is 37.0 Å². The number of amides is 1. The molecular weight excluding hydrogens is 456 g/mol. The van der Waals surface area contributed by atoms with Crippen LogP contribution in [0.4, 0.5) is 0 Å². The van der Waals surface area contributed by atoms with E-state index in [4.69, 9.17) is 5.73 Å². The number of likely N-dealkylation sites (tertiary alicyclic amines) is 1. The highest BCUT2D eigenvalue weighted by atomic mass is 16.3. The summed E-state index contributed by atoms with van der Waals surface area (Å²) in [6.45, 7) is 1.21. The molecule has 9 nitrogen and oxygen atoms in total. The van der Waals surface area contributed by atoms with Crippen LogP contribution in [-0.4, -0.2) is 60.5 Å². The second-order valence-electron chi connectivity index (χ2n) is 9.48. The lowest BCUT2D eigenvalue weighted by Gasteiger charge is -2.39. The zero-order valence-corrected chi connectivity index (χ0v) is 20.0. The number of rotatable bonds is 7. The van der Waals surface area contributed by atoms with Crippen LogP contribution in [0.25, 0.3) is 16.7 Å². The van der Waals surface area contributed by atoms with Crippen LogP contribution in [-0.2, 0) is 17.8 Å². The number of hydrogen-bond acceptors (Lipinski definition) is 6. The topological polar surface area (TPSA) is 119 Å². The number of hydrogen-bond donors (Lipinski definition) is 2. The Labute approximate surface area is 208 Å². The van der Waals surface area contributed by atoms with Gasteiger partial charge in [-0.3, -0.25) is 14.2 Å². The van der Waals surface area contributed by atoms with Crippen LogP contribution in [0.3, 0.4) is 0 Å². The number of aromatic nitrogens is 4. The summed E-state index contributed by atoms with van der Waals surface area (Å²) in [5.74, 6) is -0.286. The van der Waals surface area contributed by atoms with Gasteiger partial charge in [0.1, 0.15) is 11.7 Å². The molecular formula is C27H30N6O3. The molecule has 2 aromatic carbocycles. The van der Waals surface area contributed by atoms with Crippen molar-refractivity contribution in [1.29, 1.82) is 0 Å². The highest BCUT2D eigenvalue weighted by Crippen LogP contribution is 2.25. The van der Waals surface area contributed by atoms with Crippen LogP contribution in [0.15, 0.2) is 78.0 Å². The number of aliphatic hydroxyl groups is 1. The smallest absolute Gasteiger partial charge is 0.264 e. The minimum atomic E-state index is -1.11. The number of carbonyl (C=O) groups is 1. The van der Waals surface area contributed by atoms with E-state index in [0.29, 0.717) is 43.4 Å². The summed E-state index contributed by atoms with van der Waals surface area (Å²) in [5.41, 5.74) is 6.94. The van der Waals surface area contributed by atoms with E-state index in [-0.39, 0.29) is 30.5 Å². The Bertz CT molecular complexity index is 1390. The Morgan fingerprint density at radius 2 is 1.72 bits per heavy atom. The number of piperidine rings is 1. The standard InChI is InChI=1S/C27H30N6O3/c28-16-21(15-20-7-3-1-4-8-20)25(34)31-13-11-27(36,12-14-31)18-32-19-29-24-23(26(32)35)17-30-33(24)22-9-5-2-6-10-22/h1-10,17,19,21,36H,11-16,18,28H2/t21-/m0/s1. The van der Waals surface area contributed by atoms with E-state index >= 15 is 0 Å². The molecule has 0 unspecified atom stereocenters. The largest absolute Gasteiger partial charge is 0.388 e. The molecule has 186 valence electrons. The first kappa shape index (κ1) is 23.9. The summed E-state index contributed by atoms with van der Waals surface area (Å²) in [4.78, 5) is 32.5. The maximum atomic E-state index is 13.1. The van der Waals surface area contributed by atoms with Gasteiger partial charge in [-0.2, -0.15) is 5.10 Å². The number of nitrogens with zero attached hydrogens (tertiary/aromatic N) is 5. The van der Waals surface area contributed by atoms with Gasteiger partial charge in [0.05, 0.1) is 29.9 Å². The molecule has 0 radical (unpaired) electrons. The molecule has 3 heterocycles. The number of para-hydroxylation sites is 1. The van der Waals surface area contributed by atoms with Gasteiger partial charge in [0.2, 0.25) is 5.91 Å². The zero-order chi connectivity index (χ0) is 25.1. The van der Waals surface area contributed by atoms with Crippen LogP contribution in [0.5, 0.6) is 0 Å². The minimum absolute atomic E-state index is 0.0111. The molecule has 1 aliphatic heterocycles. The van der Waals surface area contributed by atoms with Crippen molar-refractivity contribution in [2.45, 2.75) is 31.4 Å². The molecule has 0 saturated carbocycles. The predicted molar refractivity (Wildman–Crippen MR) is 137 cm³/mol. The molecule has 1 fully saturated rings. The highest BCUT2D eigenvalue weighted by molar-refractivity contribution is 5.79. The average molecular weight is 487 g/mol. The monoisotopic (exact) mass is 486 g/mol. The van der Waals surface area contributed by atoms with Gasteiger partial charge in [0, 0.05) is 19.6 Å². The van der Waals surface area contributed by atoms with E-state index in [1.165, 1.54) is 17.1 Å². The average Bonchev–Trinajstić information content (AvgIpc) is 3.35. The minimum Gasteiger partial charge on any atom is -0.388 e. The maximum Gasteiger partial charge on any atom is 0.264 e. The van der Waals surface area contributed by atoms with Crippen LogP contribution >= 0.6 is 0 Å². The molecule has 1 amide bonds. The maximum absolute atomic E-state index is 13.1. The third kappa shape index (κ3) is 4.80. The first-order valence-electron chi connectivity index (χ1n) is 12.2. The van der Waals surface area contributed by atoms with Crippen LogP contribution in [0.2, 0.25) is 0 Å². The number of fused-ring (bicyclic) bond motifs is 1. The van der Waals surface area contributed by atoms with Crippen molar-refractivity contribution < 1.29 is 9.90 Å². The summed E-state index contributed by atoms with van der Waals surface area (Å²) in [7, 11) is 0. The molecule has 4 aromatic rings. The Kier molecular flexibility index (Phi) is 6.67. The fraction of sp³-hybridized carbons (Fsp3) is 0.333. The predicted octanol–water partition coefficient (Wildman–Crippen LogP) is 1.75. The summed E-state index contributed by atoms with van der Waals surface area (Å²) < 4.78 is 3.07. The van der Waals surface area contributed by atoms with Gasteiger partial charge >= 0.3 is 0 Å². The fourth-order valence-electron chi connectivity index (χ4n) is 4.87. The van der Waals surface area contributed by atoms with Crippen molar-refractivity contribution >= 4 is 16.9 Å². The number of carbonyl (C=O) groups excluding carboxylic acids is 1. The van der Waals surface area contributed by atoms with E-state index in [9.17, 15) is 14.7 Å². The van der Waals surface area contributed by atoms with Crippen molar-refractivity contribution in [3.05, 3.63) is 89.1 Å². The van der Waals surface area contributed by atoms with Crippen molar-refractivity contribution in [3.63, 3.8) is 0 Å². The van der Waals surface area contributed by atoms with Crippen LogP contribution < -0.4 is 11.3 Å². The van der Waals surface area contributed by atoms with Gasteiger partial charge in [0.15, 0.2) is 5.65 Å². The van der Waals surface area contributed by atoms with E-state index in [2.05, 4.69) is 10.1 Å². The summed E-state index contributed by atoms with van der Waals surface area (Å²) in [6.07, 6.45) is 4.31. The SMILES string of the molecule is NC[C@H](Cc1ccccc1)C(=O)N1CCC(O)(Cn2cnc3c(cnn3-c3ccccc3)c2=O)CC1. The Hall–Kier alpha value is -3.82. The van der Waals surface area contributed by atoms with Gasteiger partial charge in [-0.1, -0.05) is 48.5 Å². The molecule has 36 heavy (non-hydrogen) atoms. The molecule has 5 rings (SSSR count). The van der Waals surface area contributed by atoms with Crippen molar-refractivity contribution in [1.82, 2.24) is 24.2 Å². The lowest BCUT2D eigenvalue weighted by atomic mass is 9.89. The van der Waals surface area contributed by atoms with Gasteiger partial charge in [0.25, 0.3) is 5.56 Å². The third-order valence-electron chi connectivity index (χ3n) is 6.98. The number of nitrogens with two attached hydrogens (primary N) is 1. The van der Waals surface area contributed by atoms with Gasteiger partial charge < -0.3 is 15.7 Å². The molecule has 9 heteroatoms. The first-order valence-corrected chi connectivity index (χ1v) is 12.2. The molecule has 1 saturated heterocycles. The Morgan fingerprint density at radius 3 is 2.39 bits per heavy atom. The third-order valence-corrected chi connectivity index (χ3v) is 6.98. The summed E-state index contributed by atoms with van der Waals surface area (Å²) in [6, 6.07) is 19.3. The molecule has 1 aliphatic rings. The van der Waals surface area contributed by atoms with E-state index in [1.807, 2.05) is 60.7 Å². The van der Waals surface area contributed by atoms with Gasteiger partial charge in [-0.15, -0.1) is 0 Å². The van der Waals surface area contributed by atoms with E-state index < -0.39 is 5.60 Å². The summed E-state index contributed by atoms with van der Waals surface area (Å²) >= 11 is 0. The quantitative estimate of drug-likeness (QED) is 0.411. The molecule has 0 bridgehead atoms. The molecule has 0 spiro atoms. The highest BCUT2D eigenvalue weighted by Gasteiger charge is 2.36. The van der Waals surface area contributed by atoms with Crippen LogP contribution in [0, 0.1) is 5.92 Å². The molecule has 2 aromatic heterocycles. The molecule has 1 atom stereocenters. The Morgan fingerprint density at radius 1 is 1.06 bits per heavy atom. The normalized spacial score (nSPS) is 16.2. The van der Waals surface area contributed by atoms with Crippen LogP contribution in [0.1, 0.15) is 18.4 Å². The van der Waals surface area contributed by atoms with E-state index in [1.54, 1.807) is 9.58 Å². The van der Waals surface area contributed by atoms with Gasteiger partial charge in [-0.25, -0.2) is 9.67 Å². The second-order valence-corrected chi connectivity index (χ2v) is 9.48.